The zero-order valence-electron chi connectivity index (χ0n) is 11.5. The summed E-state index contributed by atoms with van der Waals surface area (Å²) in [6.07, 6.45) is 0. The molecule has 2 rings (SSSR count). The Morgan fingerprint density at radius 2 is 1.95 bits per heavy atom. The Bertz CT molecular complexity index is 572. The van der Waals surface area contributed by atoms with Crippen LogP contribution in [0, 0.1) is 0 Å². The Hall–Kier alpha value is -1.26. The van der Waals surface area contributed by atoms with Crippen LogP contribution in [0.5, 0.6) is 0 Å². The molecule has 108 valence electrons. The lowest BCUT2D eigenvalue weighted by Gasteiger charge is -2.41. The Balaban J connectivity index is 2.32. The lowest BCUT2D eigenvalue weighted by Crippen LogP contribution is -2.66. The molecule has 1 aliphatic heterocycles. The first-order chi connectivity index (χ1) is 9.22. The summed E-state index contributed by atoms with van der Waals surface area (Å²) in [6.45, 7) is 5.33. The minimum atomic E-state index is -0.908. The molecule has 1 fully saturated rings. The number of hydrogen-bond donors (Lipinski definition) is 1. The standard InChI is InChI=1S/C14H16Cl2N2O2/c1-8-12(19)17-14(2,3)13(20)18(8)7-9-6-10(15)4-5-11(9)16/h4-6,8H,7H2,1-3H3,(H,17,19). The van der Waals surface area contributed by atoms with E-state index in [1.54, 1.807) is 39.0 Å². The summed E-state index contributed by atoms with van der Waals surface area (Å²) < 4.78 is 0. The Kier molecular flexibility index (Phi) is 3.98. The quantitative estimate of drug-likeness (QED) is 0.912. The predicted octanol–water partition coefficient (Wildman–Crippen LogP) is 2.62. The van der Waals surface area contributed by atoms with Gasteiger partial charge in [0.1, 0.15) is 11.6 Å². The first-order valence-electron chi connectivity index (χ1n) is 6.29. The van der Waals surface area contributed by atoms with Crippen LogP contribution in [0.3, 0.4) is 0 Å². The topological polar surface area (TPSA) is 49.4 Å². The largest absolute Gasteiger partial charge is 0.340 e. The van der Waals surface area contributed by atoms with E-state index in [-0.39, 0.29) is 18.4 Å². The summed E-state index contributed by atoms with van der Waals surface area (Å²) in [5, 5.41) is 3.78. The number of halogens is 2. The van der Waals surface area contributed by atoms with Crippen molar-refractivity contribution < 1.29 is 9.59 Å². The van der Waals surface area contributed by atoms with Gasteiger partial charge in [-0.15, -0.1) is 0 Å². The molecule has 4 nitrogen and oxygen atoms in total. The van der Waals surface area contributed by atoms with E-state index < -0.39 is 11.6 Å². The van der Waals surface area contributed by atoms with E-state index in [4.69, 9.17) is 23.2 Å². The number of hydrogen-bond acceptors (Lipinski definition) is 2. The monoisotopic (exact) mass is 314 g/mol. The number of nitrogens with one attached hydrogen (secondary N) is 1. The average Bonchev–Trinajstić information content (AvgIpc) is 2.36. The molecule has 0 aliphatic carbocycles. The number of amides is 2. The number of carbonyl (C=O) groups is 2. The molecule has 1 saturated heterocycles. The summed E-state index contributed by atoms with van der Waals surface area (Å²) in [5.74, 6) is -0.312. The number of benzene rings is 1. The maximum Gasteiger partial charge on any atom is 0.248 e. The van der Waals surface area contributed by atoms with Gasteiger partial charge in [0.25, 0.3) is 0 Å². The highest BCUT2D eigenvalue weighted by atomic mass is 35.5. The van der Waals surface area contributed by atoms with E-state index >= 15 is 0 Å². The smallest absolute Gasteiger partial charge is 0.248 e. The summed E-state index contributed by atoms with van der Waals surface area (Å²) >= 11 is 12.1. The first-order valence-corrected chi connectivity index (χ1v) is 7.05. The van der Waals surface area contributed by atoms with Crippen LogP contribution in [0.2, 0.25) is 10.0 Å². The van der Waals surface area contributed by atoms with Crippen LogP contribution in [0.25, 0.3) is 0 Å². The normalized spacial score (nSPS) is 21.9. The summed E-state index contributed by atoms with van der Waals surface area (Å²) in [6, 6.07) is 4.55. The van der Waals surface area contributed by atoms with Crippen molar-refractivity contribution in [3.8, 4) is 0 Å². The van der Waals surface area contributed by atoms with Crippen LogP contribution >= 0.6 is 23.2 Å². The van der Waals surface area contributed by atoms with Gasteiger partial charge in [0.05, 0.1) is 0 Å². The SMILES string of the molecule is CC1C(=O)NC(C)(C)C(=O)N1Cc1cc(Cl)ccc1Cl. The summed E-state index contributed by atoms with van der Waals surface area (Å²) in [4.78, 5) is 25.9. The van der Waals surface area contributed by atoms with Crippen molar-refractivity contribution >= 4 is 35.0 Å². The Morgan fingerprint density at radius 1 is 1.30 bits per heavy atom. The predicted molar refractivity (Wildman–Crippen MR) is 78.7 cm³/mol. The molecule has 1 unspecified atom stereocenters. The lowest BCUT2D eigenvalue weighted by atomic mass is 9.97. The van der Waals surface area contributed by atoms with E-state index in [0.29, 0.717) is 10.0 Å². The molecule has 1 aromatic rings. The van der Waals surface area contributed by atoms with Crippen molar-refractivity contribution in [3.05, 3.63) is 33.8 Å². The third kappa shape index (κ3) is 2.76. The molecule has 6 heteroatoms. The maximum atomic E-state index is 12.4. The number of carbonyl (C=O) groups excluding carboxylic acids is 2. The second-order valence-corrected chi connectivity index (χ2v) is 6.30. The number of piperazine rings is 1. The van der Waals surface area contributed by atoms with Gasteiger partial charge in [-0.2, -0.15) is 0 Å². The van der Waals surface area contributed by atoms with Crippen LogP contribution in [-0.4, -0.2) is 28.3 Å². The van der Waals surface area contributed by atoms with Crippen molar-refractivity contribution in [2.24, 2.45) is 0 Å². The molecule has 20 heavy (non-hydrogen) atoms. The van der Waals surface area contributed by atoms with Gasteiger partial charge in [-0.3, -0.25) is 9.59 Å². The van der Waals surface area contributed by atoms with Crippen molar-refractivity contribution in [1.82, 2.24) is 10.2 Å². The maximum absolute atomic E-state index is 12.4. The van der Waals surface area contributed by atoms with Gasteiger partial charge in [0.2, 0.25) is 11.8 Å². The van der Waals surface area contributed by atoms with Gasteiger partial charge in [-0.05, 0) is 44.5 Å². The van der Waals surface area contributed by atoms with Gasteiger partial charge in [-0.25, -0.2) is 0 Å². The molecule has 0 bridgehead atoms. The average molecular weight is 315 g/mol. The van der Waals surface area contributed by atoms with Crippen LogP contribution in [0.15, 0.2) is 18.2 Å². The number of nitrogens with zero attached hydrogens (tertiary/aromatic N) is 1. The molecule has 1 aromatic carbocycles. The minimum absolute atomic E-state index is 0.138. The van der Waals surface area contributed by atoms with Crippen LogP contribution in [0.4, 0.5) is 0 Å². The van der Waals surface area contributed by atoms with E-state index in [9.17, 15) is 9.59 Å². The Labute approximate surface area is 128 Å². The lowest BCUT2D eigenvalue weighted by molar-refractivity contribution is -0.153. The molecule has 1 aliphatic rings. The third-order valence-electron chi connectivity index (χ3n) is 3.43. The van der Waals surface area contributed by atoms with E-state index in [2.05, 4.69) is 5.32 Å². The van der Waals surface area contributed by atoms with Gasteiger partial charge in [0, 0.05) is 16.6 Å². The second-order valence-electron chi connectivity index (χ2n) is 5.46. The summed E-state index contributed by atoms with van der Waals surface area (Å²) in [5.41, 5.74) is -0.181. The first kappa shape index (κ1) is 15.1. The molecule has 2 amide bonds. The molecular weight excluding hydrogens is 299 g/mol. The van der Waals surface area contributed by atoms with Crippen molar-refractivity contribution in [2.45, 2.75) is 38.9 Å². The van der Waals surface area contributed by atoms with Crippen LogP contribution < -0.4 is 5.32 Å². The van der Waals surface area contributed by atoms with Crippen molar-refractivity contribution in [3.63, 3.8) is 0 Å². The molecule has 1 N–H and O–H groups in total. The van der Waals surface area contributed by atoms with Gasteiger partial charge in [-0.1, -0.05) is 23.2 Å². The van der Waals surface area contributed by atoms with E-state index in [0.717, 1.165) is 5.56 Å². The molecular formula is C14H16Cl2N2O2. The number of rotatable bonds is 2. The fraction of sp³-hybridized carbons (Fsp3) is 0.429. The second kappa shape index (κ2) is 5.26. The fourth-order valence-electron chi connectivity index (χ4n) is 2.20. The molecule has 1 atom stereocenters. The highest BCUT2D eigenvalue weighted by Crippen LogP contribution is 2.26. The van der Waals surface area contributed by atoms with Crippen LogP contribution in [0.1, 0.15) is 26.3 Å². The van der Waals surface area contributed by atoms with Gasteiger partial charge >= 0.3 is 0 Å². The van der Waals surface area contributed by atoms with Crippen molar-refractivity contribution in [1.29, 1.82) is 0 Å². The molecule has 0 saturated carbocycles. The highest BCUT2D eigenvalue weighted by Gasteiger charge is 2.43. The molecule has 1 heterocycles. The molecule has 0 radical (unpaired) electrons. The highest BCUT2D eigenvalue weighted by molar-refractivity contribution is 6.33. The molecule has 0 spiro atoms. The van der Waals surface area contributed by atoms with E-state index in [1.807, 2.05) is 0 Å². The zero-order chi connectivity index (χ0) is 15.1. The van der Waals surface area contributed by atoms with Gasteiger partial charge < -0.3 is 10.2 Å². The Morgan fingerprint density at radius 3 is 2.60 bits per heavy atom. The third-order valence-corrected chi connectivity index (χ3v) is 4.03. The zero-order valence-corrected chi connectivity index (χ0v) is 13.0. The fourth-order valence-corrected chi connectivity index (χ4v) is 2.57. The van der Waals surface area contributed by atoms with Gasteiger partial charge in [0.15, 0.2) is 0 Å². The molecule has 0 aromatic heterocycles. The summed E-state index contributed by atoms with van der Waals surface area (Å²) in [7, 11) is 0. The van der Waals surface area contributed by atoms with Crippen LogP contribution in [-0.2, 0) is 16.1 Å². The minimum Gasteiger partial charge on any atom is -0.340 e. The van der Waals surface area contributed by atoms with E-state index in [1.165, 1.54) is 4.90 Å². The van der Waals surface area contributed by atoms with Crippen molar-refractivity contribution in [2.75, 3.05) is 0 Å².